The van der Waals surface area contributed by atoms with Crippen LogP contribution in [0.15, 0.2) is 40.9 Å². The molecule has 1 aliphatic heterocycles. The van der Waals surface area contributed by atoms with Crippen molar-refractivity contribution < 1.29 is 14.3 Å². The van der Waals surface area contributed by atoms with Gasteiger partial charge in [0.15, 0.2) is 0 Å². The standard InChI is InChI=1S/C16H13BrFNO2/c17-13-5-10(6-14(18)8-13)9-19-4-3-11-7-12(16(20)21)1-2-15(11)19/h1-2,5-8H,3-4,9H2,(H,20,21). The van der Waals surface area contributed by atoms with Crippen molar-refractivity contribution in [3.63, 3.8) is 0 Å². The molecule has 0 aromatic heterocycles. The van der Waals surface area contributed by atoms with E-state index in [0.29, 0.717) is 12.1 Å². The third-order valence-corrected chi connectivity index (χ3v) is 4.07. The molecule has 0 fully saturated rings. The number of hydrogen-bond donors (Lipinski definition) is 1. The van der Waals surface area contributed by atoms with Crippen LogP contribution in [0.3, 0.4) is 0 Å². The Morgan fingerprint density at radius 3 is 2.81 bits per heavy atom. The molecule has 0 aliphatic carbocycles. The number of carboxylic acid groups (broad SMARTS) is 1. The molecule has 2 aromatic rings. The Balaban J connectivity index is 1.86. The van der Waals surface area contributed by atoms with E-state index in [1.54, 1.807) is 12.1 Å². The van der Waals surface area contributed by atoms with Crippen LogP contribution in [0.1, 0.15) is 21.5 Å². The highest BCUT2D eigenvalue weighted by Crippen LogP contribution is 2.30. The molecule has 0 bridgehead atoms. The third kappa shape index (κ3) is 2.93. The zero-order valence-corrected chi connectivity index (χ0v) is 12.7. The molecule has 0 atom stereocenters. The van der Waals surface area contributed by atoms with Gasteiger partial charge in [-0.1, -0.05) is 15.9 Å². The average Bonchev–Trinajstić information content (AvgIpc) is 2.80. The summed E-state index contributed by atoms with van der Waals surface area (Å²) in [5.74, 6) is -1.18. The van der Waals surface area contributed by atoms with E-state index in [2.05, 4.69) is 20.8 Å². The van der Waals surface area contributed by atoms with Crippen molar-refractivity contribution in [3.8, 4) is 0 Å². The number of aromatic carboxylic acids is 1. The Hall–Kier alpha value is -1.88. The lowest BCUT2D eigenvalue weighted by Crippen LogP contribution is -2.19. The Morgan fingerprint density at radius 2 is 2.10 bits per heavy atom. The predicted octanol–water partition coefficient (Wildman–Crippen LogP) is 3.85. The molecule has 0 saturated heterocycles. The summed E-state index contributed by atoms with van der Waals surface area (Å²) in [6, 6.07) is 10.0. The molecule has 0 unspecified atom stereocenters. The second-order valence-corrected chi connectivity index (χ2v) is 6.01. The number of nitrogens with zero attached hydrogens (tertiary/aromatic N) is 1. The Kier molecular flexibility index (Phi) is 3.68. The van der Waals surface area contributed by atoms with Crippen LogP contribution in [0, 0.1) is 5.82 Å². The van der Waals surface area contributed by atoms with Crippen molar-refractivity contribution in [2.75, 3.05) is 11.4 Å². The van der Waals surface area contributed by atoms with Crippen LogP contribution >= 0.6 is 15.9 Å². The molecule has 21 heavy (non-hydrogen) atoms. The number of halogens is 2. The molecule has 0 amide bonds. The van der Waals surface area contributed by atoms with Crippen LogP contribution in [0.2, 0.25) is 0 Å². The highest BCUT2D eigenvalue weighted by Gasteiger charge is 2.20. The fraction of sp³-hybridized carbons (Fsp3) is 0.188. The van der Waals surface area contributed by atoms with Crippen molar-refractivity contribution in [1.29, 1.82) is 0 Å². The number of rotatable bonds is 3. The summed E-state index contributed by atoms with van der Waals surface area (Å²) >= 11 is 3.30. The lowest BCUT2D eigenvalue weighted by atomic mass is 10.1. The summed E-state index contributed by atoms with van der Waals surface area (Å²) in [7, 11) is 0. The first kappa shape index (κ1) is 14.1. The maximum atomic E-state index is 13.4. The van der Waals surface area contributed by atoms with Gasteiger partial charge in [-0.2, -0.15) is 0 Å². The summed E-state index contributed by atoms with van der Waals surface area (Å²) < 4.78 is 14.1. The van der Waals surface area contributed by atoms with E-state index in [-0.39, 0.29) is 5.82 Å². The lowest BCUT2D eigenvalue weighted by molar-refractivity contribution is 0.0697. The van der Waals surface area contributed by atoms with Crippen LogP contribution in [-0.2, 0) is 13.0 Å². The minimum absolute atomic E-state index is 0.264. The monoisotopic (exact) mass is 349 g/mol. The van der Waals surface area contributed by atoms with Gasteiger partial charge in [0.05, 0.1) is 5.56 Å². The zero-order chi connectivity index (χ0) is 15.0. The van der Waals surface area contributed by atoms with Gasteiger partial charge in [-0.3, -0.25) is 0 Å². The minimum Gasteiger partial charge on any atom is -0.478 e. The van der Waals surface area contributed by atoms with Gasteiger partial charge in [-0.25, -0.2) is 9.18 Å². The maximum absolute atomic E-state index is 13.4. The van der Waals surface area contributed by atoms with E-state index in [1.165, 1.54) is 12.1 Å². The number of fused-ring (bicyclic) bond motifs is 1. The van der Waals surface area contributed by atoms with E-state index in [0.717, 1.165) is 34.3 Å². The van der Waals surface area contributed by atoms with Crippen molar-refractivity contribution in [2.24, 2.45) is 0 Å². The first-order valence-electron chi connectivity index (χ1n) is 6.59. The third-order valence-electron chi connectivity index (χ3n) is 3.61. The van der Waals surface area contributed by atoms with Gasteiger partial charge in [0.1, 0.15) is 5.82 Å². The molecule has 1 heterocycles. The van der Waals surface area contributed by atoms with Crippen molar-refractivity contribution in [2.45, 2.75) is 13.0 Å². The number of carbonyl (C=O) groups is 1. The number of benzene rings is 2. The summed E-state index contributed by atoms with van der Waals surface area (Å²) in [6.07, 6.45) is 0.812. The van der Waals surface area contributed by atoms with Crippen molar-refractivity contribution in [1.82, 2.24) is 0 Å². The number of carboxylic acids is 1. The number of hydrogen-bond acceptors (Lipinski definition) is 2. The second-order valence-electron chi connectivity index (χ2n) is 5.10. The Labute approximate surface area is 130 Å². The molecule has 1 aliphatic rings. The van der Waals surface area contributed by atoms with Crippen LogP contribution in [0.25, 0.3) is 0 Å². The second kappa shape index (κ2) is 5.48. The van der Waals surface area contributed by atoms with Gasteiger partial charge in [0.25, 0.3) is 0 Å². The largest absolute Gasteiger partial charge is 0.478 e. The molecular formula is C16H13BrFNO2. The fourth-order valence-electron chi connectivity index (χ4n) is 2.69. The zero-order valence-electron chi connectivity index (χ0n) is 11.1. The summed E-state index contributed by atoms with van der Waals surface area (Å²) in [6.45, 7) is 1.42. The first-order valence-corrected chi connectivity index (χ1v) is 7.38. The summed E-state index contributed by atoms with van der Waals surface area (Å²) in [5, 5.41) is 9.02. The van der Waals surface area contributed by atoms with E-state index >= 15 is 0 Å². The molecule has 5 heteroatoms. The quantitative estimate of drug-likeness (QED) is 0.914. The molecule has 108 valence electrons. The van der Waals surface area contributed by atoms with Crippen LogP contribution in [0.5, 0.6) is 0 Å². The van der Waals surface area contributed by atoms with Gasteiger partial charge >= 0.3 is 5.97 Å². The summed E-state index contributed by atoms with van der Waals surface area (Å²) in [4.78, 5) is 13.1. The van der Waals surface area contributed by atoms with Gasteiger partial charge in [0.2, 0.25) is 0 Å². The normalized spacial score (nSPS) is 13.3. The molecule has 0 radical (unpaired) electrons. The Morgan fingerprint density at radius 1 is 1.29 bits per heavy atom. The first-order chi connectivity index (χ1) is 10.0. The highest BCUT2D eigenvalue weighted by atomic mass is 79.9. The molecule has 3 rings (SSSR count). The Bertz CT molecular complexity index is 697. The molecule has 3 nitrogen and oxygen atoms in total. The van der Waals surface area contributed by atoms with Gasteiger partial charge in [-0.05, 0) is 53.9 Å². The van der Waals surface area contributed by atoms with E-state index in [1.807, 2.05) is 12.1 Å². The topological polar surface area (TPSA) is 40.5 Å². The minimum atomic E-state index is -0.912. The van der Waals surface area contributed by atoms with Crippen molar-refractivity contribution >= 4 is 27.6 Å². The van der Waals surface area contributed by atoms with Gasteiger partial charge in [-0.15, -0.1) is 0 Å². The van der Waals surface area contributed by atoms with Gasteiger partial charge < -0.3 is 10.0 Å². The lowest BCUT2D eigenvalue weighted by Gasteiger charge is -2.19. The van der Waals surface area contributed by atoms with Crippen LogP contribution < -0.4 is 4.90 Å². The maximum Gasteiger partial charge on any atom is 0.335 e. The smallest absolute Gasteiger partial charge is 0.335 e. The van der Waals surface area contributed by atoms with E-state index in [4.69, 9.17) is 5.11 Å². The van der Waals surface area contributed by atoms with Crippen LogP contribution in [0.4, 0.5) is 10.1 Å². The van der Waals surface area contributed by atoms with E-state index in [9.17, 15) is 9.18 Å². The average molecular weight is 350 g/mol. The highest BCUT2D eigenvalue weighted by molar-refractivity contribution is 9.10. The fourth-order valence-corrected chi connectivity index (χ4v) is 3.20. The molecule has 0 saturated carbocycles. The summed E-state index contributed by atoms with van der Waals surface area (Å²) in [5.41, 5.74) is 3.26. The number of anilines is 1. The molecular weight excluding hydrogens is 337 g/mol. The van der Waals surface area contributed by atoms with E-state index < -0.39 is 5.97 Å². The molecule has 0 spiro atoms. The predicted molar refractivity (Wildman–Crippen MR) is 82.3 cm³/mol. The van der Waals surface area contributed by atoms with Crippen molar-refractivity contribution in [3.05, 3.63) is 63.4 Å². The van der Waals surface area contributed by atoms with Crippen LogP contribution in [-0.4, -0.2) is 17.6 Å². The molecule has 2 aromatic carbocycles. The van der Waals surface area contributed by atoms with Gasteiger partial charge in [0, 0.05) is 23.2 Å². The SMILES string of the molecule is O=C(O)c1ccc2c(c1)CCN2Cc1cc(F)cc(Br)c1. The molecule has 1 N–H and O–H groups in total.